The largest absolute Gasteiger partial charge is 0.389 e. The number of imide groups is 1. The molecule has 3 amide bonds. The Morgan fingerprint density at radius 3 is 2.00 bits per heavy atom. The number of urea groups is 1. The van der Waals surface area contributed by atoms with E-state index in [1.807, 2.05) is 91.0 Å². The average molecular weight is 431 g/mol. The Balaban J connectivity index is 1.45. The van der Waals surface area contributed by atoms with Crippen LogP contribution in [-0.4, -0.2) is 46.1 Å². The third-order valence-electron chi connectivity index (χ3n) is 5.41. The van der Waals surface area contributed by atoms with Gasteiger partial charge in [0.05, 0.1) is 25.9 Å². The molecule has 1 aliphatic heterocycles. The molecule has 4 rings (SSSR count). The Bertz CT molecular complexity index is 1030. The zero-order valence-electron chi connectivity index (χ0n) is 17.7. The second kappa shape index (κ2) is 10.2. The van der Waals surface area contributed by atoms with Gasteiger partial charge in [0, 0.05) is 6.54 Å². The van der Waals surface area contributed by atoms with Crippen molar-refractivity contribution in [1.82, 2.24) is 9.80 Å². The molecule has 164 valence electrons. The van der Waals surface area contributed by atoms with Crippen molar-refractivity contribution in [3.05, 3.63) is 108 Å². The van der Waals surface area contributed by atoms with E-state index in [-0.39, 0.29) is 19.1 Å². The molecule has 3 aromatic rings. The van der Waals surface area contributed by atoms with Crippen LogP contribution in [0.5, 0.6) is 0 Å². The zero-order valence-corrected chi connectivity index (χ0v) is 17.7. The Labute approximate surface area is 187 Å². The number of benzene rings is 3. The molecule has 1 aliphatic rings. The van der Waals surface area contributed by atoms with Crippen LogP contribution in [0.3, 0.4) is 0 Å². The van der Waals surface area contributed by atoms with Crippen LogP contribution in [0.2, 0.25) is 0 Å². The highest BCUT2D eigenvalue weighted by atomic mass is 16.5. The summed E-state index contributed by atoms with van der Waals surface area (Å²) >= 11 is 0. The normalized spacial score (nSPS) is 17.1. The lowest BCUT2D eigenvalue weighted by atomic mass is 10.1. The number of carbonyl (C=O) groups excluding carboxylic acids is 2. The summed E-state index contributed by atoms with van der Waals surface area (Å²) in [5.41, 5.74) is 2.67. The van der Waals surface area contributed by atoms with E-state index >= 15 is 0 Å². The quantitative estimate of drug-likeness (QED) is 0.525. The van der Waals surface area contributed by atoms with Crippen molar-refractivity contribution in [3.8, 4) is 0 Å². The van der Waals surface area contributed by atoms with Gasteiger partial charge in [0.2, 0.25) is 0 Å². The summed E-state index contributed by atoms with van der Waals surface area (Å²) in [7, 11) is 0. The fourth-order valence-corrected chi connectivity index (χ4v) is 3.86. The molecule has 0 aromatic heterocycles. The minimum absolute atomic E-state index is 0.0284. The first-order chi connectivity index (χ1) is 15.6. The van der Waals surface area contributed by atoms with Crippen molar-refractivity contribution in [2.45, 2.75) is 25.3 Å². The van der Waals surface area contributed by atoms with Gasteiger partial charge in [0.15, 0.2) is 0 Å². The molecular formula is C26H26N2O4. The molecular weight excluding hydrogens is 404 g/mol. The van der Waals surface area contributed by atoms with Crippen LogP contribution < -0.4 is 0 Å². The van der Waals surface area contributed by atoms with Crippen molar-refractivity contribution in [2.24, 2.45) is 0 Å². The molecule has 0 aliphatic carbocycles. The van der Waals surface area contributed by atoms with E-state index < -0.39 is 18.2 Å². The number of rotatable bonds is 9. The molecule has 0 saturated carbocycles. The number of hydrogen-bond donors (Lipinski definition) is 1. The number of aliphatic hydroxyl groups is 1. The van der Waals surface area contributed by atoms with E-state index in [0.717, 1.165) is 21.6 Å². The van der Waals surface area contributed by atoms with Gasteiger partial charge in [-0.1, -0.05) is 91.0 Å². The van der Waals surface area contributed by atoms with Crippen LogP contribution in [-0.2, 0) is 22.7 Å². The number of nitrogens with zero attached hydrogens (tertiary/aromatic N) is 2. The summed E-state index contributed by atoms with van der Waals surface area (Å²) < 4.78 is 5.58. The molecule has 3 aromatic carbocycles. The SMILES string of the molecule is O=C1C(c2ccccc2)N(Cc2ccccc2)C(=O)N1CC(O)COCc1ccccc1. The predicted octanol–water partition coefficient (Wildman–Crippen LogP) is 3.77. The number of amides is 3. The molecule has 1 N–H and O–H groups in total. The van der Waals surface area contributed by atoms with E-state index in [1.165, 1.54) is 0 Å². The summed E-state index contributed by atoms with van der Waals surface area (Å²) in [5, 5.41) is 10.5. The number of ether oxygens (including phenoxy) is 1. The van der Waals surface area contributed by atoms with Crippen LogP contribution in [0.1, 0.15) is 22.7 Å². The molecule has 0 radical (unpaired) electrons. The molecule has 1 heterocycles. The van der Waals surface area contributed by atoms with E-state index in [4.69, 9.17) is 4.74 Å². The molecule has 2 atom stereocenters. The highest BCUT2D eigenvalue weighted by molar-refractivity contribution is 6.04. The molecule has 1 fully saturated rings. The summed E-state index contributed by atoms with van der Waals surface area (Å²) in [5.74, 6) is -0.334. The summed E-state index contributed by atoms with van der Waals surface area (Å²) in [6, 6.07) is 27.3. The van der Waals surface area contributed by atoms with Gasteiger partial charge in [0.25, 0.3) is 5.91 Å². The van der Waals surface area contributed by atoms with Crippen molar-refractivity contribution < 1.29 is 19.4 Å². The Hall–Kier alpha value is -3.48. The minimum atomic E-state index is -0.972. The molecule has 6 heteroatoms. The van der Waals surface area contributed by atoms with E-state index in [0.29, 0.717) is 13.2 Å². The topological polar surface area (TPSA) is 70.1 Å². The third kappa shape index (κ3) is 5.04. The van der Waals surface area contributed by atoms with Crippen molar-refractivity contribution in [2.75, 3.05) is 13.2 Å². The van der Waals surface area contributed by atoms with Gasteiger partial charge in [0.1, 0.15) is 6.04 Å². The first kappa shape index (κ1) is 21.7. The van der Waals surface area contributed by atoms with Crippen molar-refractivity contribution in [3.63, 3.8) is 0 Å². The van der Waals surface area contributed by atoms with Crippen molar-refractivity contribution >= 4 is 11.9 Å². The van der Waals surface area contributed by atoms with Gasteiger partial charge in [-0.25, -0.2) is 4.79 Å². The maximum Gasteiger partial charge on any atom is 0.328 e. The average Bonchev–Trinajstić information content (AvgIpc) is 3.05. The molecule has 32 heavy (non-hydrogen) atoms. The molecule has 1 saturated heterocycles. The van der Waals surface area contributed by atoms with E-state index in [1.54, 1.807) is 4.90 Å². The van der Waals surface area contributed by atoms with E-state index in [9.17, 15) is 14.7 Å². The smallest absolute Gasteiger partial charge is 0.328 e. The predicted molar refractivity (Wildman–Crippen MR) is 120 cm³/mol. The molecule has 0 bridgehead atoms. The fraction of sp³-hybridized carbons (Fsp3) is 0.231. The molecule has 6 nitrogen and oxygen atoms in total. The third-order valence-corrected chi connectivity index (χ3v) is 5.41. The van der Waals surface area contributed by atoms with Gasteiger partial charge in [-0.05, 0) is 16.7 Å². The van der Waals surface area contributed by atoms with Gasteiger partial charge in [-0.3, -0.25) is 9.69 Å². The summed E-state index contributed by atoms with van der Waals surface area (Å²) in [4.78, 5) is 29.2. The second-order valence-electron chi connectivity index (χ2n) is 7.81. The monoisotopic (exact) mass is 430 g/mol. The Morgan fingerprint density at radius 1 is 0.812 bits per heavy atom. The van der Waals surface area contributed by atoms with E-state index in [2.05, 4.69) is 0 Å². The zero-order chi connectivity index (χ0) is 22.3. The highest BCUT2D eigenvalue weighted by Crippen LogP contribution is 2.32. The van der Waals surface area contributed by atoms with Gasteiger partial charge >= 0.3 is 6.03 Å². The number of carbonyl (C=O) groups is 2. The maximum absolute atomic E-state index is 13.3. The minimum Gasteiger partial charge on any atom is -0.389 e. The van der Waals surface area contributed by atoms with Gasteiger partial charge in [-0.2, -0.15) is 0 Å². The van der Waals surface area contributed by atoms with Crippen LogP contribution in [0.4, 0.5) is 4.79 Å². The van der Waals surface area contributed by atoms with Crippen LogP contribution in [0.15, 0.2) is 91.0 Å². The lowest BCUT2D eigenvalue weighted by Crippen LogP contribution is -2.40. The highest BCUT2D eigenvalue weighted by Gasteiger charge is 2.46. The van der Waals surface area contributed by atoms with Gasteiger partial charge in [-0.15, -0.1) is 0 Å². The standard InChI is InChI=1S/C26H26N2O4/c29-23(19-32-18-21-12-6-2-7-13-21)17-28-25(30)24(22-14-8-3-9-15-22)27(26(28)31)16-20-10-4-1-5-11-20/h1-15,23-24,29H,16-19H2. The summed E-state index contributed by atoms with van der Waals surface area (Å²) in [6.45, 7) is 0.580. The first-order valence-electron chi connectivity index (χ1n) is 10.6. The summed E-state index contributed by atoms with van der Waals surface area (Å²) in [6.07, 6.45) is -0.972. The number of aliphatic hydroxyl groups excluding tert-OH is 1. The van der Waals surface area contributed by atoms with Crippen LogP contribution in [0, 0.1) is 0 Å². The lowest BCUT2D eigenvalue weighted by Gasteiger charge is -2.22. The maximum atomic E-state index is 13.3. The van der Waals surface area contributed by atoms with Gasteiger partial charge < -0.3 is 14.7 Å². The number of β-amino-alcohol motifs (C(OH)–C–C–N with tert-alkyl or cyclic N) is 1. The molecule has 0 spiro atoms. The second-order valence-corrected chi connectivity index (χ2v) is 7.81. The van der Waals surface area contributed by atoms with Crippen molar-refractivity contribution in [1.29, 1.82) is 0 Å². The first-order valence-corrected chi connectivity index (χ1v) is 10.6. The fourth-order valence-electron chi connectivity index (χ4n) is 3.86. The Kier molecular flexibility index (Phi) is 6.94. The lowest BCUT2D eigenvalue weighted by molar-refractivity contribution is -0.129. The molecule has 2 unspecified atom stereocenters. The number of hydrogen-bond acceptors (Lipinski definition) is 4. The Morgan fingerprint density at radius 2 is 1.38 bits per heavy atom. The van der Waals surface area contributed by atoms with Crippen LogP contribution in [0.25, 0.3) is 0 Å². The van der Waals surface area contributed by atoms with Crippen LogP contribution >= 0.6 is 0 Å².